The molecule has 0 spiro atoms. The van der Waals surface area contributed by atoms with Crippen LogP contribution in [-0.4, -0.2) is 32.7 Å². The molecule has 5 heteroatoms. The minimum atomic E-state index is -0.213. The van der Waals surface area contributed by atoms with Gasteiger partial charge in [-0.1, -0.05) is 18.2 Å². The van der Waals surface area contributed by atoms with Gasteiger partial charge in [-0.05, 0) is 6.07 Å². The van der Waals surface area contributed by atoms with Crippen molar-refractivity contribution in [2.45, 2.75) is 13.1 Å². The Morgan fingerprint density at radius 1 is 1.32 bits per heavy atom. The number of imidazole rings is 1. The van der Waals surface area contributed by atoms with Gasteiger partial charge < -0.3 is 9.67 Å². The maximum absolute atomic E-state index is 13.6. The highest BCUT2D eigenvalue weighted by atomic mass is 19.1. The third-order valence-corrected chi connectivity index (χ3v) is 3.07. The number of hydrogen-bond donors (Lipinski definition) is 1. The molecule has 102 valence electrons. The normalized spacial score (nSPS) is 11.2. The predicted octanol–water partition coefficient (Wildman–Crippen LogP) is 1.55. The maximum Gasteiger partial charge on any atom is 0.127 e. The summed E-state index contributed by atoms with van der Waals surface area (Å²) >= 11 is 0. The molecule has 0 fully saturated rings. The molecule has 2 rings (SSSR count). The molecule has 0 bridgehead atoms. The number of aliphatic hydroxyl groups excluding tert-OH is 1. The van der Waals surface area contributed by atoms with Crippen molar-refractivity contribution in [2.24, 2.45) is 7.05 Å². The van der Waals surface area contributed by atoms with Gasteiger partial charge in [0.15, 0.2) is 0 Å². The van der Waals surface area contributed by atoms with Crippen LogP contribution in [0.25, 0.3) is 0 Å². The first-order valence-electron chi connectivity index (χ1n) is 6.22. The first-order valence-corrected chi connectivity index (χ1v) is 6.22. The summed E-state index contributed by atoms with van der Waals surface area (Å²) in [4.78, 5) is 6.05. The predicted molar refractivity (Wildman–Crippen MR) is 70.8 cm³/mol. The van der Waals surface area contributed by atoms with Gasteiger partial charge in [0.25, 0.3) is 0 Å². The van der Waals surface area contributed by atoms with Crippen molar-refractivity contribution < 1.29 is 9.50 Å². The molecule has 0 radical (unpaired) electrons. The zero-order valence-electron chi connectivity index (χ0n) is 11.0. The summed E-state index contributed by atoms with van der Waals surface area (Å²) in [6.45, 7) is 1.65. The van der Waals surface area contributed by atoms with E-state index in [-0.39, 0.29) is 12.4 Å². The molecule has 19 heavy (non-hydrogen) atoms. The monoisotopic (exact) mass is 263 g/mol. The van der Waals surface area contributed by atoms with Crippen LogP contribution in [0.4, 0.5) is 4.39 Å². The lowest BCUT2D eigenvalue weighted by Crippen LogP contribution is -2.27. The van der Waals surface area contributed by atoms with Crippen LogP contribution in [0.3, 0.4) is 0 Å². The summed E-state index contributed by atoms with van der Waals surface area (Å²) in [5.41, 5.74) is 1.67. The average molecular weight is 263 g/mol. The molecule has 0 aliphatic heterocycles. The van der Waals surface area contributed by atoms with Crippen LogP contribution in [-0.2, 0) is 20.1 Å². The Bertz CT molecular complexity index is 527. The molecule has 0 saturated heterocycles. The van der Waals surface area contributed by atoms with E-state index in [4.69, 9.17) is 5.11 Å². The van der Waals surface area contributed by atoms with Crippen LogP contribution in [0.5, 0.6) is 0 Å². The minimum absolute atomic E-state index is 0.0479. The van der Waals surface area contributed by atoms with Gasteiger partial charge in [0, 0.05) is 38.4 Å². The van der Waals surface area contributed by atoms with E-state index in [1.807, 2.05) is 22.6 Å². The summed E-state index contributed by atoms with van der Waals surface area (Å²) in [6.07, 6.45) is 3.52. The lowest BCUT2D eigenvalue weighted by molar-refractivity contribution is 0.180. The molecule has 0 aliphatic carbocycles. The number of halogens is 1. The van der Waals surface area contributed by atoms with E-state index < -0.39 is 0 Å². The number of rotatable bonds is 6. The van der Waals surface area contributed by atoms with Gasteiger partial charge in [-0.25, -0.2) is 9.37 Å². The Morgan fingerprint density at radius 3 is 2.74 bits per heavy atom. The quantitative estimate of drug-likeness (QED) is 0.860. The van der Waals surface area contributed by atoms with Crippen molar-refractivity contribution in [3.05, 3.63) is 53.9 Å². The van der Waals surface area contributed by atoms with Crippen LogP contribution < -0.4 is 0 Å². The van der Waals surface area contributed by atoms with Crippen molar-refractivity contribution in [2.75, 3.05) is 13.2 Å². The Morgan fingerprint density at radius 2 is 2.11 bits per heavy atom. The van der Waals surface area contributed by atoms with Crippen LogP contribution in [0, 0.1) is 5.82 Å². The van der Waals surface area contributed by atoms with E-state index in [9.17, 15) is 4.39 Å². The average Bonchev–Trinajstić information content (AvgIpc) is 2.78. The molecule has 1 N–H and O–H groups in total. The fourth-order valence-electron chi connectivity index (χ4n) is 1.99. The van der Waals surface area contributed by atoms with Gasteiger partial charge >= 0.3 is 0 Å². The summed E-state index contributed by atoms with van der Waals surface area (Å²) in [5, 5.41) is 9.12. The summed E-state index contributed by atoms with van der Waals surface area (Å²) in [5.74, 6) is -0.213. The van der Waals surface area contributed by atoms with E-state index >= 15 is 0 Å². The lowest BCUT2D eigenvalue weighted by atomic mass is 10.2. The molecule has 0 atom stereocenters. The highest BCUT2D eigenvalue weighted by molar-refractivity contribution is 5.17. The Labute approximate surface area is 112 Å². The van der Waals surface area contributed by atoms with Crippen LogP contribution in [0.15, 0.2) is 36.8 Å². The Kier molecular flexibility index (Phi) is 4.65. The van der Waals surface area contributed by atoms with Crippen molar-refractivity contribution in [3.63, 3.8) is 0 Å². The molecule has 4 nitrogen and oxygen atoms in total. The molecule has 1 heterocycles. The zero-order valence-corrected chi connectivity index (χ0v) is 11.0. The number of benzene rings is 1. The Hall–Kier alpha value is -1.72. The SMILES string of the molecule is Cn1cncc1CN(CCO)Cc1ccccc1F. The van der Waals surface area contributed by atoms with E-state index in [1.165, 1.54) is 6.07 Å². The van der Waals surface area contributed by atoms with E-state index in [0.29, 0.717) is 25.2 Å². The molecule has 0 unspecified atom stereocenters. The smallest absolute Gasteiger partial charge is 0.127 e. The van der Waals surface area contributed by atoms with Crippen LogP contribution in [0.1, 0.15) is 11.3 Å². The van der Waals surface area contributed by atoms with Gasteiger partial charge in [0.05, 0.1) is 18.6 Å². The first-order chi connectivity index (χ1) is 9.20. The van der Waals surface area contributed by atoms with Crippen molar-refractivity contribution in [1.29, 1.82) is 0 Å². The maximum atomic E-state index is 13.6. The van der Waals surface area contributed by atoms with Gasteiger partial charge in [0.2, 0.25) is 0 Å². The van der Waals surface area contributed by atoms with Gasteiger partial charge in [0.1, 0.15) is 5.82 Å². The number of aryl methyl sites for hydroxylation is 1. The summed E-state index contributed by atoms with van der Waals surface area (Å²) in [6, 6.07) is 6.72. The van der Waals surface area contributed by atoms with E-state index in [1.54, 1.807) is 24.7 Å². The topological polar surface area (TPSA) is 41.3 Å². The van der Waals surface area contributed by atoms with Gasteiger partial charge in [-0.3, -0.25) is 4.90 Å². The fourth-order valence-corrected chi connectivity index (χ4v) is 1.99. The summed E-state index contributed by atoms with van der Waals surface area (Å²) in [7, 11) is 1.92. The molecule has 0 amide bonds. The highest BCUT2D eigenvalue weighted by Gasteiger charge is 2.11. The number of aliphatic hydroxyl groups is 1. The van der Waals surface area contributed by atoms with Crippen molar-refractivity contribution >= 4 is 0 Å². The number of hydrogen-bond acceptors (Lipinski definition) is 3. The largest absolute Gasteiger partial charge is 0.395 e. The van der Waals surface area contributed by atoms with Crippen molar-refractivity contribution in [3.8, 4) is 0 Å². The molecule has 1 aromatic heterocycles. The molecule has 1 aromatic carbocycles. The minimum Gasteiger partial charge on any atom is -0.395 e. The number of aromatic nitrogens is 2. The van der Waals surface area contributed by atoms with Crippen molar-refractivity contribution in [1.82, 2.24) is 14.5 Å². The fraction of sp³-hybridized carbons (Fsp3) is 0.357. The van der Waals surface area contributed by atoms with Gasteiger partial charge in [-0.15, -0.1) is 0 Å². The third-order valence-electron chi connectivity index (χ3n) is 3.07. The Balaban J connectivity index is 2.08. The van der Waals surface area contributed by atoms with Crippen LogP contribution >= 0.6 is 0 Å². The summed E-state index contributed by atoms with van der Waals surface area (Å²) < 4.78 is 15.6. The molecular weight excluding hydrogens is 245 g/mol. The van der Waals surface area contributed by atoms with Crippen LogP contribution in [0.2, 0.25) is 0 Å². The standard InChI is InChI=1S/C14H18FN3O/c1-17-11-16-8-13(17)10-18(6-7-19)9-12-4-2-3-5-14(12)15/h2-5,8,11,19H,6-7,9-10H2,1H3. The van der Waals surface area contributed by atoms with E-state index in [2.05, 4.69) is 4.98 Å². The molecule has 2 aromatic rings. The van der Waals surface area contributed by atoms with E-state index in [0.717, 1.165) is 5.69 Å². The molecular formula is C14H18FN3O. The highest BCUT2D eigenvalue weighted by Crippen LogP contribution is 2.12. The van der Waals surface area contributed by atoms with Gasteiger partial charge in [-0.2, -0.15) is 0 Å². The number of nitrogens with zero attached hydrogens (tertiary/aromatic N) is 3. The lowest BCUT2D eigenvalue weighted by Gasteiger charge is -2.21. The second-order valence-corrected chi connectivity index (χ2v) is 4.52. The molecule has 0 aliphatic rings. The second-order valence-electron chi connectivity index (χ2n) is 4.52. The second kappa shape index (κ2) is 6.45. The first kappa shape index (κ1) is 13.7. The molecule has 0 saturated carbocycles. The third kappa shape index (κ3) is 3.62. The zero-order chi connectivity index (χ0) is 13.7.